The lowest BCUT2D eigenvalue weighted by atomic mass is 10.1. The molecule has 1 heterocycles. The maximum Gasteiger partial charge on any atom is 0.334 e. The van der Waals surface area contributed by atoms with E-state index in [1.165, 1.54) is 0 Å². The van der Waals surface area contributed by atoms with Crippen molar-refractivity contribution in [3.8, 4) is 0 Å². The Kier molecular flexibility index (Phi) is 4.11. The molecule has 1 saturated carbocycles. The van der Waals surface area contributed by atoms with E-state index in [9.17, 15) is 23.2 Å². The molecule has 1 aromatic carbocycles. The van der Waals surface area contributed by atoms with E-state index < -0.39 is 35.7 Å². The average Bonchev–Trinajstić information content (AvgIpc) is 3.00. The van der Waals surface area contributed by atoms with E-state index in [-0.39, 0.29) is 25.8 Å². The van der Waals surface area contributed by atoms with E-state index in [2.05, 4.69) is 0 Å². The smallest absolute Gasteiger partial charge is 0.263 e. The highest BCUT2D eigenvalue weighted by Gasteiger charge is 2.49. The molecule has 1 aromatic rings. The lowest BCUT2D eigenvalue weighted by Gasteiger charge is -2.23. The van der Waals surface area contributed by atoms with Crippen LogP contribution in [0, 0.1) is 5.92 Å². The van der Waals surface area contributed by atoms with Crippen molar-refractivity contribution in [3.05, 3.63) is 35.9 Å². The molecule has 0 unspecified atom stereocenters. The fourth-order valence-electron chi connectivity index (χ4n) is 3.36. The molecule has 1 aliphatic carbocycles. The highest BCUT2D eigenvalue weighted by Crippen LogP contribution is 2.39. The first-order valence-electron chi connectivity index (χ1n) is 7.92. The summed E-state index contributed by atoms with van der Waals surface area (Å²) in [4.78, 5) is 38.6. The molecular weight excluding hydrogens is 318 g/mol. The van der Waals surface area contributed by atoms with Gasteiger partial charge in [-0.2, -0.15) is 0 Å². The average molecular weight is 336 g/mol. The molecule has 0 radical (unpaired) electrons. The van der Waals surface area contributed by atoms with Crippen molar-refractivity contribution in [2.45, 2.75) is 38.2 Å². The van der Waals surface area contributed by atoms with Gasteiger partial charge in [0.1, 0.15) is 0 Å². The number of halogens is 2. The van der Waals surface area contributed by atoms with Gasteiger partial charge in [0.15, 0.2) is 0 Å². The molecule has 0 N–H and O–H groups in total. The summed E-state index contributed by atoms with van der Waals surface area (Å²) in [7, 11) is 0. The molecule has 2 atom stereocenters. The van der Waals surface area contributed by atoms with Crippen LogP contribution in [0.3, 0.4) is 0 Å². The van der Waals surface area contributed by atoms with E-state index in [0.717, 1.165) is 15.4 Å². The molecule has 7 heteroatoms. The number of amides is 4. The Morgan fingerprint density at radius 1 is 1.17 bits per heavy atom. The van der Waals surface area contributed by atoms with Gasteiger partial charge in [-0.25, -0.2) is 18.5 Å². The van der Waals surface area contributed by atoms with E-state index in [1.807, 2.05) is 6.07 Å². The first kappa shape index (κ1) is 16.5. The van der Waals surface area contributed by atoms with Gasteiger partial charge in [0, 0.05) is 19.4 Å². The van der Waals surface area contributed by atoms with Crippen LogP contribution in [-0.2, 0) is 9.59 Å². The quantitative estimate of drug-likeness (QED) is 0.627. The first-order valence-corrected chi connectivity index (χ1v) is 7.92. The Labute approximate surface area is 138 Å². The number of alkyl halides is 2. The standard InChI is InChI=1S/C17H18F2N2O3/c1-11(13-5-3-2-4-6-13)21-15(23)14(22)20(16(21)24)10-12-7-8-17(18,19)9-12/h2-6,11-12H,7-10H2,1H3/t11-,12+/m1/s1. The predicted molar refractivity (Wildman–Crippen MR) is 81.1 cm³/mol. The molecule has 2 fully saturated rings. The minimum Gasteiger partial charge on any atom is -0.263 e. The topological polar surface area (TPSA) is 57.7 Å². The van der Waals surface area contributed by atoms with Crippen LogP contribution in [0.25, 0.3) is 0 Å². The second-order valence-electron chi connectivity index (χ2n) is 6.42. The van der Waals surface area contributed by atoms with Crippen LogP contribution in [0.1, 0.15) is 37.8 Å². The second-order valence-corrected chi connectivity index (χ2v) is 6.42. The molecule has 0 spiro atoms. The van der Waals surface area contributed by atoms with Crippen molar-refractivity contribution in [3.63, 3.8) is 0 Å². The Morgan fingerprint density at radius 2 is 1.83 bits per heavy atom. The van der Waals surface area contributed by atoms with Gasteiger partial charge in [0.2, 0.25) is 5.92 Å². The maximum absolute atomic E-state index is 13.3. The molecule has 0 bridgehead atoms. The molecule has 2 aliphatic rings. The lowest BCUT2D eigenvalue weighted by molar-refractivity contribution is -0.144. The van der Waals surface area contributed by atoms with Crippen LogP contribution in [0.4, 0.5) is 13.6 Å². The molecule has 128 valence electrons. The number of rotatable bonds is 4. The first-order chi connectivity index (χ1) is 11.3. The van der Waals surface area contributed by atoms with Gasteiger partial charge in [0.25, 0.3) is 0 Å². The molecule has 0 aromatic heterocycles. The van der Waals surface area contributed by atoms with Gasteiger partial charge in [-0.15, -0.1) is 0 Å². The summed E-state index contributed by atoms with van der Waals surface area (Å²) in [6, 6.07) is 7.56. The van der Waals surface area contributed by atoms with Crippen LogP contribution in [0.2, 0.25) is 0 Å². The molecule has 4 amide bonds. The van der Waals surface area contributed by atoms with Crippen molar-refractivity contribution in [1.29, 1.82) is 0 Å². The van der Waals surface area contributed by atoms with Crippen molar-refractivity contribution < 1.29 is 23.2 Å². The van der Waals surface area contributed by atoms with Gasteiger partial charge < -0.3 is 0 Å². The van der Waals surface area contributed by atoms with Gasteiger partial charge in [-0.3, -0.25) is 14.5 Å². The zero-order chi connectivity index (χ0) is 17.5. The highest BCUT2D eigenvalue weighted by molar-refractivity contribution is 6.44. The van der Waals surface area contributed by atoms with E-state index in [0.29, 0.717) is 0 Å². The van der Waals surface area contributed by atoms with E-state index in [4.69, 9.17) is 0 Å². The summed E-state index contributed by atoms with van der Waals surface area (Å²) in [6.07, 6.45) is -0.356. The lowest BCUT2D eigenvalue weighted by Crippen LogP contribution is -2.37. The summed E-state index contributed by atoms with van der Waals surface area (Å²) in [5, 5.41) is 0. The zero-order valence-electron chi connectivity index (χ0n) is 13.2. The van der Waals surface area contributed by atoms with Gasteiger partial charge in [0.05, 0.1) is 6.04 Å². The monoisotopic (exact) mass is 336 g/mol. The summed E-state index contributed by atoms with van der Waals surface area (Å²) in [5.41, 5.74) is 0.723. The highest BCUT2D eigenvalue weighted by atomic mass is 19.3. The Bertz CT molecular complexity index is 678. The van der Waals surface area contributed by atoms with Gasteiger partial charge in [-0.1, -0.05) is 30.3 Å². The third-order valence-electron chi connectivity index (χ3n) is 4.70. The third kappa shape index (κ3) is 2.90. The van der Waals surface area contributed by atoms with Gasteiger partial charge in [-0.05, 0) is 24.8 Å². The van der Waals surface area contributed by atoms with Crippen molar-refractivity contribution >= 4 is 17.8 Å². The summed E-state index contributed by atoms with van der Waals surface area (Å²) >= 11 is 0. The number of nitrogens with zero attached hydrogens (tertiary/aromatic N) is 2. The number of urea groups is 1. The third-order valence-corrected chi connectivity index (χ3v) is 4.70. The van der Waals surface area contributed by atoms with Crippen LogP contribution in [-0.4, -0.2) is 40.1 Å². The number of carbonyl (C=O) groups is 3. The fraction of sp³-hybridized carbons (Fsp3) is 0.471. The largest absolute Gasteiger partial charge is 0.334 e. The van der Waals surface area contributed by atoms with Crippen LogP contribution in [0.15, 0.2) is 30.3 Å². The summed E-state index contributed by atoms with van der Waals surface area (Å²) in [5.74, 6) is -5.05. The zero-order valence-corrected chi connectivity index (χ0v) is 13.2. The molecule has 1 saturated heterocycles. The SMILES string of the molecule is C[C@H](c1ccccc1)N1C(=O)C(=O)N(C[C@H]2CCC(F)(F)C2)C1=O. The minimum atomic E-state index is -2.75. The number of benzene rings is 1. The Hall–Kier alpha value is -2.31. The normalized spacial score (nSPS) is 24.8. The fourth-order valence-corrected chi connectivity index (χ4v) is 3.36. The van der Waals surface area contributed by atoms with Crippen LogP contribution >= 0.6 is 0 Å². The predicted octanol–water partition coefficient (Wildman–Crippen LogP) is 2.97. The number of hydrogen-bond donors (Lipinski definition) is 0. The van der Waals surface area contributed by atoms with Crippen molar-refractivity contribution in [2.75, 3.05) is 6.54 Å². The molecule has 1 aliphatic heterocycles. The molecule has 24 heavy (non-hydrogen) atoms. The van der Waals surface area contributed by atoms with Gasteiger partial charge >= 0.3 is 17.8 Å². The van der Waals surface area contributed by atoms with Crippen LogP contribution < -0.4 is 0 Å². The van der Waals surface area contributed by atoms with Crippen molar-refractivity contribution in [2.24, 2.45) is 5.92 Å². The number of carbonyl (C=O) groups excluding carboxylic acids is 3. The summed E-state index contributed by atoms with van der Waals surface area (Å²) < 4.78 is 26.6. The number of imide groups is 2. The van der Waals surface area contributed by atoms with Crippen LogP contribution in [0.5, 0.6) is 0 Å². The van der Waals surface area contributed by atoms with E-state index in [1.54, 1.807) is 31.2 Å². The number of hydrogen-bond acceptors (Lipinski definition) is 3. The molecule has 5 nitrogen and oxygen atoms in total. The molecule has 3 rings (SSSR count). The minimum absolute atomic E-state index is 0.128. The Morgan fingerprint density at radius 3 is 2.42 bits per heavy atom. The maximum atomic E-state index is 13.3. The molecular formula is C17H18F2N2O3. The van der Waals surface area contributed by atoms with E-state index >= 15 is 0 Å². The second kappa shape index (κ2) is 5.96. The Balaban J connectivity index is 1.76. The van der Waals surface area contributed by atoms with Crippen molar-refractivity contribution in [1.82, 2.24) is 9.80 Å². The summed E-state index contributed by atoms with van der Waals surface area (Å²) in [6.45, 7) is 1.53.